The summed E-state index contributed by atoms with van der Waals surface area (Å²) in [5, 5.41) is 4.12. The Morgan fingerprint density at radius 3 is 2.72 bits per heavy atom. The minimum absolute atomic E-state index is 0.0975. The molecule has 96 valence electrons. The van der Waals surface area contributed by atoms with Gasteiger partial charge in [-0.15, -0.1) is 0 Å². The number of hydrogen-bond donors (Lipinski definition) is 2. The first kappa shape index (κ1) is 12.7. The number of H-pyrrole nitrogens is 1. The summed E-state index contributed by atoms with van der Waals surface area (Å²) in [6.07, 6.45) is 1.76. The topological polar surface area (TPSA) is 44.9 Å². The van der Waals surface area contributed by atoms with Crippen molar-refractivity contribution in [3.63, 3.8) is 0 Å². The SMILES string of the molecule is CCC(CC)C(=O)Nc1cccc2[nH]c(C)cc12. The number of anilines is 1. The second-order valence-corrected chi connectivity index (χ2v) is 4.72. The predicted molar refractivity (Wildman–Crippen MR) is 75.7 cm³/mol. The number of rotatable bonds is 4. The zero-order valence-corrected chi connectivity index (χ0v) is 11.2. The molecule has 3 heteroatoms. The van der Waals surface area contributed by atoms with Gasteiger partial charge >= 0.3 is 0 Å². The van der Waals surface area contributed by atoms with Crippen molar-refractivity contribution >= 4 is 22.5 Å². The Morgan fingerprint density at radius 2 is 2.06 bits per heavy atom. The Hall–Kier alpha value is -1.77. The number of amides is 1. The van der Waals surface area contributed by atoms with E-state index in [1.54, 1.807) is 0 Å². The van der Waals surface area contributed by atoms with E-state index in [0.29, 0.717) is 0 Å². The van der Waals surface area contributed by atoms with Crippen LogP contribution in [0.15, 0.2) is 24.3 Å². The Balaban J connectivity index is 2.29. The lowest BCUT2D eigenvalue weighted by atomic mass is 10.0. The van der Waals surface area contributed by atoms with Gasteiger partial charge in [0, 0.05) is 22.5 Å². The maximum Gasteiger partial charge on any atom is 0.227 e. The molecule has 2 N–H and O–H groups in total. The molecule has 2 aromatic rings. The van der Waals surface area contributed by atoms with E-state index >= 15 is 0 Å². The van der Waals surface area contributed by atoms with E-state index in [2.05, 4.69) is 30.2 Å². The molecule has 3 nitrogen and oxygen atoms in total. The third kappa shape index (κ3) is 2.40. The first-order valence-electron chi connectivity index (χ1n) is 6.54. The quantitative estimate of drug-likeness (QED) is 0.843. The molecular weight excluding hydrogens is 224 g/mol. The Kier molecular flexibility index (Phi) is 3.70. The average molecular weight is 244 g/mol. The summed E-state index contributed by atoms with van der Waals surface area (Å²) in [5.74, 6) is 0.214. The molecule has 0 aliphatic carbocycles. The summed E-state index contributed by atoms with van der Waals surface area (Å²) < 4.78 is 0. The highest BCUT2D eigenvalue weighted by molar-refractivity contribution is 6.02. The second-order valence-electron chi connectivity index (χ2n) is 4.72. The summed E-state index contributed by atoms with van der Waals surface area (Å²) in [5.41, 5.74) is 3.07. The van der Waals surface area contributed by atoms with Crippen molar-refractivity contribution < 1.29 is 4.79 Å². The zero-order valence-electron chi connectivity index (χ0n) is 11.2. The van der Waals surface area contributed by atoms with Crippen LogP contribution >= 0.6 is 0 Å². The van der Waals surface area contributed by atoms with Crippen LogP contribution in [-0.2, 0) is 4.79 Å². The van der Waals surface area contributed by atoms with Crippen LogP contribution < -0.4 is 5.32 Å². The van der Waals surface area contributed by atoms with Gasteiger partial charge in [-0.05, 0) is 38.0 Å². The van der Waals surface area contributed by atoms with Crippen molar-refractivity contribution in [1.29, 1.82) is 0 Å². The van der Waals surface area contributed by atoms with Gasteiger partial charge in [-0.1, -0.05) is 19.9 Å². The summed E-state index contributed by atoms with van der Waals surface area (Å²) in [7, 11) is 0. The molecular formula is C15H20N2O. The largest absolute Gasteiger partial charge is 0.359 e. The lowest BCUT2D eigenvalue weighted by Gasteiger charge is -2.13. The molecule has 1 aromatic carbocycles. The molecule has 0 saturated carbocycles. The Labute approximate surface area is 108 Å². The molecule has 18 heavy (non-hydrogen) atoms. The summed E-state index contributed by atoms with van der Waals surface area (Å²) in [6.45, 7) is 6.12. The predicted octanol–water partition coefficient (Wildman–Crippen LogP) is 3.85. The van der Waals surface area contributed by atoms with Gasteiger partial charge in [-0.2, -0.15) is 0 Å². The fraction of sp³-hybridized carbons (Fsp3) is 0.400. The number of hydrogen-bond acceptors (Lipinski definition) is 1. The van der Waals surface area contributed by atoms with E-state index in [9.17, 15) is 4.79 Å². The van der Waals surface area contributed by atoms with Crippen LogP contribution in [-0.4, -0.2) is 10.9 Å². The van der Waals surface area contributed by atoms with E-state index in [4.69, 9.17) is 0 Å². The van der Waals surface area contributed by atoms with Gasteiger partial charge in [0.15, 0.2) is 0 Å². The molecule has 0 spiro atoms. The van der Waals surface area contributed by atoms with Crippen LogP contribution in [0.3, 0.4) is 0 Å². The number of fused-ring (bicyclic) bond motifs is 1. The Morgan fingerprint density at radius 1 is 1.33 bits per heavy atom. The van der Waals surface area contributed by atoms with Crippen LogP contribution in [0.5, 0.6) is 0 Å². The maximum atomic E-state index is 12.1. The minimum Gasteiger partial charge on any atom is -0.359 e. The zero-order chi connectivity index (χ0) is 13.1. The molecule has 0 aliphatic heterocycles. The monoisotopic (exact) mass is 244 g/mol. The van der Waals surface area contributed by atoms with E-state index < -0.39 is 0 Å². The van der Waals surface area contributed by atoms with E-state index in [-0.39, 0.29) is 11.8 Å². The average Bonchev–Trinajstić information content (AvgIpc) is 2.72. The first-order chi connectivity index (χ1) is 8.65. The lowest BCUT2D eigenvalue weighted by molar-refractivity contribution is -0.120. The molecule has 0 aliphatic rings. The fourth-order valence-electron chi connectivity index (χ4n) is 2.30. The third-order valence-electron chi connectivity index (χ3n) is 3.41. The van der Waals surface area contributed by atoms with Gasteiger partial charge in [0.25, 0.3) is 0 Å². The molecule has 2 rings (SSSR count). The van der Waals surface area contributed by atoms with Crippen molar-refractivity contribution in [3.05, 3.63) is 30.0 Å². The van der Waals surface area contributed by atoms with Crippen molar-refractivity contribution in [2.45, 2.75) is 33.6 Å². The molecule has 0 radical (unpaired) electrons. The molecule has 1 heterocycles. The van der Waals surface area contributed by atoms with Crippen LogP contribution in [0.25, 0.3) is 10.9 Å². The lowest BCUT2D eigenvalue weighted by Crippen LogP contribution is -2.21. The summed E-state index contributed by atoms with van der Waals surface area (Å²) in [4.78, 5) is 15.4. The fourth-order valence-corrected chi connectivity index (χ4v) is 2.30. The molecule has 0 bridgehead atoms. The number of aromatic nitrogens is 1. The number of nitrogens with one attached hydrogen (secondary N) is 2. The molecule has 0 unspecified atom stereocenters. The van der Waals surface area contributed by atoms with Crippen LogP contribution in [0.4, 0.5) is 5.69 Å². The van der Waals surface area contributed by atoms with E-state index in [1.165, 1.54) is 0 Å². The number of aromatic amines is 1. The Bertz CT molecular complexity index is 553. The van der Waals surface area contributed by atoms with Gasteiger partial charge < -0.3 is 10.3 Å². The normalized spacial score (nSPS) is 11.1. The first-order valence-corrected chi connectivity index (χ1v) is 6.54. The standard InChI is InChI=1S/C15H20N2O/c1-4-11(5-2)15(18)17-14-8-6-7-13-12(14)9-10(3)16-13/h6-9,11,16H,4-5H2,1-3H3,(H,17,18). The van der Waals surface area contributed by atoms with E-state index in [1.807, 2.05) is 25.1 Å². The summed E-state index contributed by atoms with van der Waals surface area (Å²) >= 11 is 0. The number of benzene rings is 1. The molecule has 0 fully saturated rings. The second kappa shape index (κ2) is 5.25. The minimum atomic E-state index is 0.0975. The molecule has 0 atom stereocenters. The van der Waals surface area contributed by atoms with Crippen molar-refractivity contribution in [3.8, 4) is 0 Å². The van der Waals surface area contributed by atoms with Gasteiger partial charge in [-0.25, -0.2) is 0 Å². The summed E-state index contributed by atoms with van der Waals surface area (Å²) in [6, 6.07) is 8.00. The number of aryl methyl sites for hydroxylation is 1. The number of carbonyl (C=O) groups is 1. The van der Waals surface area contributed by atoms with Gasteiger partial charge in [0.1, 0.15) is 0 Å². The smallest absolute Gasteiger partial charge is 0.227 e. The number of carbonyl (C=O) groups excluding carboxylic acids is 1. The van der Waals surface area contributed by atoms with Crippen LogP contribution in [0.2, 0.25) is 0 Å². The highest BCUT2D eigenvalue weighted by Crippen LogP contribution is 2.25. The highest BCUT2D eigenvalue weighted by atomic mass is 16.1. The van der Waals surface area contributed by atoms with Crippen LogP contribution in [0, 0.1) is 12.8 Å². The van der Waals surface area contributed by atoms with Gasteiger partial charge in [0.2, 0.25) is 5.91 Å². The van der Waals surface area contributed by atoms with Crippen molar-refractivity contribution in [2.75, 3.05) is 5.32 Å². The highest BCUT2D eigenvalue weighted by Gasteiger charge is 2.15. The molecule has 0 saturated heterocycles. The molecule has 1 aromatic heterocycles. The molecule has 1 amide bonds. The van der Waals surface area contributed by atoms with Gasteiger partial charge in [-0.3, -0.25) is 4.79 Å². The van der Waals surface area contributed by atoms with E-state index in [0.717, 1.165) is 35.1 Å². The third-order valence-corrected chi connectivity index (χ3v) is 3.41. The van der Waals surface area contributed by atoms with Crippen molar-refractivity contribution in [2.24, 2.45) is 5.92 Å². The maximum absolute atomic E-state index is 12.1. The van der Waals surface area contributed by atoms with Crippen LogP contribution in [0.1, 0.15) is 32.4 Å². The van der Waals surface area contributed by atoms with Gasteiger partial charge in [0.05, 0.1) is 5.69 Å². The van der Waals surface area contributed by atoms with Crippen molar-refractivity contribution in [1.82, 2.24) is 4.98 Å².